The van der Waals surface area contributed by atoms with Gasteiger partial charge in [0.2, 0.25) is 0 Å². The van der Waals surface area contributed by atoms with Gasteiger partial charge in [0, 0.05) is 0 Å². The van der Waals surface area contributed by atoms with Crippen molar-refractivity contribution in [3.05, 3.63) is 182 Å². The molecule has 0 aromatic heterocycles. The normalized spacial score (nSPS) is 10.8. The fourth-order valence-electron chi connectivity index (χ4n) is 4.36. The molecule has 0 amide bonds. The summed E-state index contributed by atoms with van der Waals surface area (Å²) >= 11 is 0. The van der Waals surface area contributed by atoms with Crippen LogP contribution in [0.4, 0.5) is 51.8 Å². The SMILES string of the molecule is F[B-](F)(F)F.F[B-](F)(F)F.F[B-](F)(F)F.[Rh+3].c1ccc(P(c2ccccc2)c2ccccc2)cc1.c1ccc(P(c2ccccc2)c2ccccc2)cc1. The minimum absolute atomic E-state index is 0. The molecule has 0 fully saturated rings. The molecule has 286 valence electrons. The summed E-state index contributed by atoms with van der Waals surface area (Å²) in [4.78, 5) is 0. The largest absolute Gasteiger partial charge is 3.00 e. The summed E-state index contributed by atoms with van der Waals surface area (Å²) in [5.74, 6) is 0. The van der Waals surface area contributed by atoms with Crippen LogP contribution in [-0.4, -0.2) is 21.8 Å². The van der Waals surface area contributed by atoms with Crippen molar-refractivity contribution in [1.82, 2.24) is 0 Å². The van der Waals surface area contributed by atoms with Crippen molar-refractivity contribution in [3.8, 4) is 0 Å². The molecular formula is C36H30B3F12P2Rh. The van der Waals surface area contributed by atoms with E-state index >= 15 is 0 Å². The van der Waals surface area contributed by atoms with Crippen molar-refractivity contribution >= 4 is 69.4 Å². The summed E-state index contributed by atoms with van der Waals surface area (Å²) in [6, 6.07) is 64.7. The molecule has 0 N–H and O–H groups in total. The van der Waals surface area contributed by atoms with Crippen LogP contribution in [0.5, 0.6) is 0 Å². The van der Waals surface area contributed by atoms with Crippen LogP contribution in [-0.2, 0) is 19.5 Å². The molecule has 0 aliphatic rings. The summed E-state index contributed by atoms with van der Waals surface area (Å²) < 4.78 is 117. The molecule has 6 aromatic rings. The summed E-state index contributed by atoms with van der Waals surface area (Å²) in [7, 11) is -18.9. The molecule has 0 radical (unpaired) electrons. The van der Waals surface area contributed by atoms with E-state index in [0.717, 1.165) is 0 Å². The van der Waals surface area contributed by atoms with Gasteiger partial charge in [-0.25, -0.2) is 0 Å². The Hall–Kier alpha value is -3.84. The Morgan fingerprint density at radius 1 is 0.222 bits per heavy atom. The zero-order chi connectivity index (χ0) is 39.3. The first-order valence-electron chi connectivity index (χ1n) is 15.4. The average molecular weight is 888 g/mol. The van der Waals surface area contributed by atoms with Gasteiger partial charge in [-0.1, -0.05) is 182 Å². The van der Waals surface area contributed by atoms with Crippen LogP contribution in [0.3, 0.4) is 0 Å². The van der Waals surface area contributed by atoms with Crippen molar-refractivity contribution in [2.45, 2.75) is 0 Å². The Labute approximate surface area is 321 Å². The molecule has 0 heterocycles. The minimum atomic E-state index is -6.00. The standard InChI is InChI=1S/2C18H15P.3BF4.Rh/c2*1-4-10-16(11-5-1)19(17-12-6-2-7-13-17)18-14-8-3-9-15-18;3*2-1(3,4)5;/h2*1-15H;;;;/q;;3*-1;+3. The van der Waals surface area contributed by atoms with Gasteiger partial charge >= 0.3 is 41.2 Å². The van der Waals surface area contributed by atoms with Crippen LogP contribution in [0.15, 0.2) is 182 Å². The molecule has 6 aromatic carbocycles. The van der Waals surface area contributed by atoms with Gasteiger partial charge in [-0.3, -0.25) is 0 Å². The molecule has 54 heavy (non-hydrogen) atoms. The van der Waals surface area contributed by atoms with E-state index in [1.54, 1.807) is 0 Å². The van der Waals surface area contributed by atoms with Gasteiger partial charge in [-0.2, -0.15) is 0 Å². The monoisotopic (exact) mass is 888 g/mol. The molecule has 0 spiro atoms. The van der Waals surface area contributed by atoms with Gasteiger partial charge in [0.15, 0.2) is 0 Å². The summed E-state index contributed by atoms with van der Waals surface area (Å²) in [5.41, 5.74) is 0. The Bertz CT molecular complexity index is 1460. The number of benzene rings is 6. The third-order valence-corrected chi connectivity index (χ3v) is 11.0. The number of hydrogen-bond donors (Lipinski definition) is 0. The Kier molecular flexibility index (Phi) is 21.9. The molecule has 0 nitrogen and oxygen atoms in total. The van der Waals surface area contributed by atoms with E-state index in [1.165, 1.54) is 31.8 Å². The molecule has 0 unspecified atom stereocenters. The molecule has 6 rings (SSSR count). The maximum Gasteiger partial charge on any atom is 3.00 e. The first kappa shape index (κ1) is 48.2. The fraction of sp³-hybridized carbons (Fsp3) is 0. The zero-order valence-electron chi connectivity index (χ0n) is 27.8. The van der Waals surface area contributed by atoms with Crippen LogP contribution in [0, 0.1) is 0 Å². The summed E-state index contributed by atoms with van der Waals surface area (Å²) in [5, 5.41) is 8.39. The zero-order valence-corrected chi connectivity index (χ0v) is 31.2. The maximum atomic E-state index is 9.75. The van der Waals surface area contributed by atoms with Gasteiger partial charge in [0.25, 0.3) is 0 Å². The smallest absolute Gasteiger partial charge is 0.418 e. The van der Waals surface area contributed by atoms with Gasteiger partial charge in [0.1, 0.15) is 0 Å². The van der Waals surface area contributed by atoms with E-state index in [2.05, 4.69) is 182 Å². The second-order valence-corrected chi connectivity index (χ2v) is 14.6. The molecule has 0 aliphatic heterocycles. The van der Waals surface area contributed by atoms with Crippen LogP contribution in [0.25, 0.3) is 0 Å². The van der Waals surface area contributed by atoms with Crippen LogP contribution >= 0.6 is 15.8 Å². The van der Waals surface area contributed by atoms with Crippen molar-refractivity contribution in [2.75, 3.05) is 0 Å². The fourth-order valence-corrected chi connectivity index (χ4v) is 8.97. The van der Waals surface area contributed by atoms with Crippen molar-refractivity contribution < 1.29 is 71.3 Å². The minimum Gasteiger partial charge on any atom is -0.418 e. The Morgan fingerprint density at radius 2 is 0.315 bits per heavy atom. The topological polar surface area (TPSA) is 0 Å². The number of hydrogen-bond acceptors (Lipinski definition) is 0. The van der Waals surface area contributed by atoms with Crippen LogP contribution in [0.2, 0.25) is 0 Å². The summed E-state index contributed by atoms with van der Waals surface area (Å²) in [6.07, 6.45) is 0. The second-order valence-electron chi connectivity index (χ2n) is 10.2. The number of rotatable bonds is 6. The van der Waals surface area contributed by atoms with Gasteiger partial charge < -0.3 is 51.8 Å². The van der Waals surface area contributed by atoms with Crippen LogP contribution in [0.1, 0.15) is 0 Å². The molecule has 18 heteroatoms. The predicted molar refractivity (Wildman–Crippen MR) is 201 cm³/mol. The van der Waals surface area contributed by atoms with E-state index in [1.807, 2.05) is 0 Å². The van der Waals surface area contributed by atoms with E-state index in [0.29, 0.717) is 0 Å². The number of halogens is 12. The van der Waals surface area contributed by atoms with Gasteiger partial charge in [-0.05, 0) is 47.7 Å². The third kappa shape index (κ3) is 23.1. The molecule has 0 saturated carbocycles. The second kappa shape index (κ2) is 24.5. The molecule has 0 saturated heterocycles. The van der Waals surface area contributed by atoms with Crippen molar-refractivity contribution in [3.63, 3.8) is 0 Å². The Morgan fingerprint density at radius 3 is 0.407 bits per heavy atom. The molecule has 0 bridgehead atoms. The predicted octanol–water partition coefficient (Wildman–Crippen LogP) is 10.8. The molecule has 0 atom stereocenters. The van der Waals surface area contributed by atoms with Crippen molar-refractivity contribution in [2.24, 2.45) is 0 Å². The van der Waals surface area contributed by atoms with E-state index < -0.39 is 37.6 Å². The average Bonchev–Trinajstić information content (AvgIpc) is 3.10. The van der Waals surface area contributed by atoms with E-state index in [9.17, 15) is 51.8 Å². The quantitative estimate of drug-likeness (QED) is 0.0888. The summed E-state index contributed by atoms with van der Waals surface area (Å²) in [6.45, 7) is 0. The van der Waals surface area contributed by atoms with Gasteiger partial charge in [0.05, 0.1) is 0 Å². The van der Waals surface area contributed by atoms with Gasteiger partial charge in [-0.15, -0.1) is 0 Å². The molecular weight excluding hydrogens is 858 g/mol. The first-order chi connectivity index (χ1) is 24.9. The van der Waals surface area contributed by atoms with E-state index in [-0.39, 0.29) is 19.5 Å². The molecule has 0 aliphatic carbocycles. The Balaban J connectivity index is 0.000000390. The first-order valence-corrected chi connectivity index (χ1v) is 18.1. The van der Waals surface area contributed by atoms with Crippen molar-refractivity contribution in [1.29, 1.82) is 0 Å². The van der Waals surface area contributed by atoms with E-state index in [4.69, 9.17) is 0 Å². The van der Waals surface area contributed by atoms with Crippen LogP contribution < -0.4 is 31.8 Å². The third-order valence-electron chi connectivity index (χ3n) is 6.09. The maximum absolute atomic E-state index is 9.75.